The lowest BCUT2D eigenvalue weighted by molar-refractivity contribution is -0.144. The molecule has 1 aromatic heterocycles. The van der Waals surface area contributed by atoms with Crippen LogP contribution in [0.25, 0.3) is 0 Å². The van der Waals surface area contributed by atoms with Crippen molar-refractivity contribution in [3.63, 3.8) is 0 Å². The molecule has 3 heterocycles. The summed E-state index contributed by atoms with van der Waals surface area (Å²) in [5, 5.41) is 0. The van der Waals surface area contributed by atoms with Crippen molar-refractivity contribution in [1.82, 2.24) is 14.8 Å². The maximum atomic E-state index is 12.0. The molecule has 0 N–H and O–H groups in total. The molecule has 2 aliphatic rings. The summed E-state index contributed by atoms with van der Waals surface area (Å²) in [6.45, 7) is 12.3. The van der Waals surface area contributed by atoms with E-state index >= 15 is 0 Å². The Bertz CT molecular complexity index is 726. The molecular weight excluding hydrogens is 420 g/mol. The highest BCUT2D eigenvalue weighted by molar-refractivity contribution is 5.89. The van der Waals surface area contributed by atoms with E-state index in [1.807, 2.05) is 19.1 Å². The molecule has 0 aromatic carbocycles. The molecule has 0 radical (unpaired) electrons. The summed E-state index contributed by atoms with van der Waals surface area (Å²) in [6.07, 6.45) is 7.10. The Hall–Kier alpha value is -2.19. The molecule has 33 heavy (non-hydrogen) atoms. The molecule has 184 valence electrons. The van der Waals surface area contributed by atoms with Gasteiger partial charge in [-0.15, -0.1) is 0 Å². The Balaban J connectivity index is 1.33. The number of nitrogens with zero attached hydrogens (tertiary/aromatic N) is 4. The molecule has 2 aliphatic heterocycles. The van der Waals surface area contributed by atoms with E-state index in [1.165, 1.54) is 19.3 Å². The van der Waals surface area contributed by atoms with E-state index < -0.39 is 0 Å². The van der Waals surface area contributed by atoms with Gasteiger partial charge in [0.25, 0.3) is 0 Å². The molecule has 2 fully saturated rings. The van der Waals surface area contributed by atoms with Crippen LogP contribution < -0.4 is 4.90 Å². The number of piperidine rings is 1. The molecule has 0 amide bonds. The van der Waals surface area contributed by atoms with Crippen molar-refractivity contribution >= 4 is 17.8 Å². The predicted molar refractivity (Wildman–Crippen MR) is 128 cm³/mol. The van der Waals surface area contributed by atoms with Crippen LogP contribution in [-0.2, 0) is 14.3 Å². The number of hydrogen-bond donors (Lipinski definition) is 0. The lowest BCUT2D eigenvalue weighted by Crippen LogP contribution is -2.48. The monoisotopic (exact) mass is 460 g/mol. The van der Waals surface area contributed by atoms with Gasteiger partial charge in [0.1, 0.15) is 5.82 Å². The third-order valence-corrected chi connectivity index (χ3v) is 6.63. The number of hydrogen-bond acceptors (Lipinski definition) is 8. The van der Waals surface area contributed by atoms with Crippen molar-refractivity contribution in [2.45, 2.75) is 46.0 Å². The van der Waals surface area contributed by atoms with Crippen molar-refractivity contribution < 1.29 is 19.1 Å². The molecule has 1 aromatic rings. The summed E-state index contributed by atoms with van der Waals surface area (Å²) in [5.74, 6) is 1.28. The molecule has 0 atom stereocenters. The van der Waals surface area contributed by atoms with E-state index in [2.05, 4.69) is 26.6 Å². The van der Waals surface area contributed by atoms with Crippen molar-refractivity contribution in [3.8, 4) is 0 Å². The molecule has 8 heteroatoms. The van der Waals surface area contributed by atoms with Crippen molar-refractivity contribution in [3.05, 3.63) is 23.9 Å². The first kappa shape index (κ1) is 25.4. The highest BCUT2D eigenvalue weighted by atomic mass is 16.5. The molecule has 0 spiro atoms. The van der Waals surface area contributed by atoms with Crippen LogP contribution in [0.1, 0.15) is 56.3 Å². The van der Waals surface area contributed by atoms with E-state index in [4.69, 9.17) is 9.47 Å². The van der Waals surface area contributed by atoms with Gasteiger partial charge >= 0.3 is 11.9 Å². The zero-order chi connectivity index (χ0) is 23.5. The Morgan fingerprint density at radius 2 is 1.73 bits per heavy atom. The first-order valence-electron chi connectivity index (χ1n) is 12.6. The first-order valence-corrected chi connectivity index (χ1v) is 12.6. The fourth-order valence-electron chi connectivity index (χ4n) is 4.46. The van der Waals surface area contributed by atoms with E-state index in [0.717, 1.165) is 70.4 Å². The largest absolute Gasteiger partial charge is 0.465 e. The maximum absolute atomic E-state index is 12.0. The van der Waals surface area contributed by atoms with Crippen LogP contribution in [0.15, 0.2) is 18.3 Å². The lowest BCUT2D eigenvalue weighted by Gasteiger charge is -2.36. The normalized spacial score (nSPS) is 18.3. The second-order valence-electron chi connectivity index (χ2n) is 9.04. The van der Waals surface area contributed by atoms with E-state index in [-0.39, 0.29) is 11.9 Å². The smallest absolute Gasteiger partial charge is 0.339 e. The second-order valence-corrected chi connectivity index (χ2v) is 9.04. The Morgan fingerprint density at radius 1 is 1.00 bits per heavy atom. The number of piperazine rings is 1. The average molecular weight is 461 g/mol. The summed E-state index contributed by atoms with van der Waals surface area (Å²) in [6, 6.07) is 3.76. The number of carbonyl (C=O) groups excluding carboxylic acids is 2. The van der Waals surface area contributed by atoms with E-state index in [9.17, 15) is 9.59 Å². The average Bonchev–Trinajstić information content (AvgIpc) is 2.84. The van der Waals surface area contributed by atoms with Gasteiger partial charge in [-0.05, 0) is 57.2 Å². The van der Waals surface area contributed by atoms with Crippen LogP contribution in [0.3, 0.4) is 0 Å². The highest BCUT2D eigenvalue weighted by Crippen LogP contribution is 2.24. The topological polar surface area (TPSA) is 75.2 Å². The van der Waals surface area contributed by atoms with Gasteiger partial charge in [-0.25, -0.2) is 9.78 Å². The van der Waals surface area contributed by atoms with Crippen molar-refractivity contribution in [2.75, 3.05) is 70.5 Å². The van der Waals surface area contributed by atoms with Crippen LogP contribution in [0.2, 0.25) is 0 Å². The lowest BCUT2D eigenvalue weighted by atomic mass is 9.93. The van der Waals surface area contributed by atoms with Gasteiger partial charge < -0.3 is 19.3 Å². The number of esters is 2. The van der Waals surface area contributed by atoms with Crippen molar-refractivity contribution in [2.24, 2.45) is 5.92 Å². The Kier molecular flexibility index (Phi) is 10.4. The van der Waals surface area contributed by atoms with Gasteiger partial charge in [0.05, 0.1) is 25.3 Å². The second kappa shape index (κ2) is 13.5. The van der Waals surface area contributed by atoms with E-state index in [1.54, 1.807) is 6.20 Å². The number of rotatable bonds is 11. The molecule has 3 rings (SSSR count). The maximum Gasteiger partial charge on any atom is 0.339 e. The fraction of sp³-hybridized carbons (Fsp3) is 0.720. The van der Waals surface area contributed by atoms with Gasteiger partial charge in [-0.2, -0.15) is 0 Å². The van der Waals surface area contributed by atoms with Gasteiger partial charge in [-0.1, -0.05) is 13.3 Å². The minimum absolute atomic E-state index is 0.117. The van der Waals surface area contributed by atoms with Crippen molar-refractivity contribution in [1.29, 1.82) is 0 Å². The number of unbranched alkanes of at least 4 members (excludes halogenated alkanes) is 1. The highest BCUT2D eigenvalue weighted by Gasteiger charge is 2.23. The Morgan fingerprint density at radius 3 is 2.36 bits per heavy atom. The van der Waals surface area contributed by atoms with E-state index in [0.29, 0.717) is 25.3 Å². The molecule has 0 saturated carbocycles. The minimum Gasteiger partial charge on any atom is -0.465 e. The van der Waals surface area contributed by atoms with Gasteiger partial charge in [0.15, 0.2) is 0 Å². The molecular formula is C25H40N4O4. The summed E-state index contributed by atoms with van der Waals surface area (Å²) < 4.78 is 10.3. The summed E-state index contributed by atoms with van der Waals surface area (Å²) in [4.78, 5) is 35.2. The number of carbonyl (C=O) groups is 2. The third kappa shape index (κ3) is 8.27. The summed E-state index contributed by atoms with van der Waals surface area (Å²) in [7, 11) is 0. The zero-order valence-corrected chi connectivity index (χ0v) is 20.3. The fourth-order valence-corrected chi connectivity index (χ4v) is 4.46. The molecule has 2 saturated heterocycles. The number of aromatic nitrogens is 1. The number of pyridine rings is 1. The quantitative estimate of drug-likeness (QED) is 0.369. The zero-order valence-electron chi connectivity index (χ0n) is 20.3. The van der Waals surface area contributed by atoms with Crippen LogP contribution >= 0.6 is 0 Å². The van der Waals surface area contributed by atoms with Gasteiger partial charge in [0, 0.05) is 45.5 Å². The molecule has 0 unspecified atom stereocenters. The number of anilines is 1. The summed E-state index contributed by atoms with van der Waals surface area (Å²) >= 11 is 0. The standard InChI is InChI=1S/C25H40N4O4/c1-3-5-18-33-25(31)22-6-7-23(26-19-22)29-12-9-21(10-13-29)8-11-27-14-16-28(17-15-27)20-24(30)32-4-2/h6-7,19,21H,3-5,8-18,20H2,1-2H3. The first-order chi connectivity index (χ1) is 16.1. The molecule has 0 aliphatic carbocycles. The van der Waals surface area contributed by atoms with Crippen LogP contribution in [-0.4, -0.2) is 92.3 Å². The predicted octanol–water partition coefficient (Wildman–Crippen LogP) is 2.83. The van der Waals surface area contributed by atoms with Gasteiger partial charge in [-0.3, -0.25) is 9.69 Å². The van der Waals surface area contributed by atoms with Crippen LogP contribution in [0.5, 0.6) is 0 Å². The molecule has 0 bridgehead atoms. The van der Waals surface area contributed by atoms with Crippen LogP contribution in [0, 0.1) is 5.92 Å². The number of ether oxygens (including phenoxy) is 2. The van der Waals surface area contributed by atoms with Crippen LogP contribution in [0.4, 0.5) is 5.82 Å². The Labute approximate surface area is 198 Å². The third-order valence-electron chi connectivity index (χ3n) is 6.63. The SMILES string of the molecule is CCCCOC(=O)c1ccc(N2CCC(CCN3CCN(CC(=O)OCC)CC3)CC2)nc1. The molecule has 8 nitrogen and oxygen atoms in total. The minimum atomic E-state index is -0.289. The van der Waals surface area contributed by atoms with Gasteiger partial charge in [0.2, 0.25) is 0 Å². The summed E-state index contributed by atoms with van der Waals surface area (Å²) in [5.41, 5.74) is 0.520.